The number of anilines is 1. The number of hydrogen-bond donors (Lipinski definition) is 1. The Morgan fingerprint density at radius 1 is 1.14 bits per heavy atom. The smallest absolute Gasteiger partial charge is 0.398 e. The zero-order valence-corrected chi connectivity index (χ0v) is 7.75. The maximum Gasteiger partial charge on any atom is 0.417 e. The molecule has 2 N–H and O–H groups in total. The van der Waals surface area contributed by atoms with Gasteiger partial charge >= 0.3 is 6.18 Å². The van der Waals surface area contributed by atoms with E-state index in [0.717, 1.165) is 17.4 Å². The fourth-order valence-corrected chi connectivity index (χ4v) is 2.27. The number of rotatable bonds is 0. The van der Waals surface area contributed by atoms with Crippen LogP contribution in [0.5, 0.6) is 0 Å². The van der Waals surface area contributed by atoms with Crippen LogP contribution in [0.2, 0.25) is 0 Å². The molecule has 14 heavy (non-hydrogen) atoms. The molecule has 2 rings (SSSR count). The summed E-state index contributed by atoms with van der Waals surface area (Å²) in [4.78, 5) is 0. The fraction of sp³-hybridized carbons (Fsp3) is 0.111. The van der Waals surface area contributed by atoms with Gasteiger partial charge < -0.3 is 5.73 Å². The molecular weight excluding hydrogens is 211 g/mol. The van der Waals surface area contributed by atoms with Crippen molar-refractivity contribution in [3.63, 3.8) is 0 Å². The van der Waals surface area contributed by atoms with E-state index in [0.29, 0.717) is 11.1 Å². The van der Waals surface area contributed by atoms with Crippen molar-refractivity contribution in [3.8, 4) is 0 Å². The van der Waals surface area contributed by atoms with Crippen LogP contribution in [-0.2, 0) is 6.18 Å². The summed E-state index contributed by atoms with van der Waals surface area (Å²) in [6.45, 7) is 0. The van der Waals surface area contributed by atoms with Gasteiger partial charge in [-0.2, -0.15) is 13.2 Å². The largest absolute Gasteiger partial charge is 0.417 e. The zero-order chi connectivity index (χ0) is 10.3. The van der Waals surface area contributed by atoms with Gasteiger partial charge in [-0.25, -0.2) is 0 Å². The average Bonchev–Trinajstić information content (AvgIpc) is 2.50. The minimum absolute atomic E-state index is 0.206. The first-order valence-electron chi connectivity index (χ1n) is 3.83. The Bertz CT molecular complexity index is 472. The second-order valence-corrected chi connectivity index (χ2v) is 3.78. The van der Waals surface area contributed by atoms with E-state index < -0.39 is 11.7 Å². The summed E-state index contributed by atoms with van der Waals surface area (Å²) in [5.74, 6) is 0. The van der Waals surface area contributed by atoms with Crippen molar-refractivity contribution in [1.82, 2.24) is 0 Å². The lowest BCUT2D eigenvalue weighted by Crippen LogP contribution is -2.05. The molecule has 0 amide bonds. The van der Waals surface area contributed by atoms with E-state index in [9.17, 15) is 13.2 Å². The van der Waals surface area contributed by atoms with Gasteiger partial charge in [-0.3, -0.25) is 0 Å². The van der Waals surface area contributed by atoms with Crippen molar-refractivity contribution in [2.75, 3.05) is 5.73 Å². The number of hydrogen-bond acceptors (Lipinski definition) is 2. The van der Waals surface area contributed by atoms with Crippen LogP contribution in [0.15, 0.2) is 23.6 Å². The van der Waals surface area contributed by atoms with E-state index in [1.165, 1.54) is 6.07 Å². The van der Waals surface area contributed by atoms with Gasteiger partial charge in [-0.15, -0.1) is 11.3 Å². The maximum absolute atomic E-state index is 12.5. The molecule has 0 spiro atoms. The molecule has 74 valence electrons. The highest BCUT2D eigenvalue weighted by Crippen LogP contribution is 2.39. The highest BCUT2D eigenvalue weighted by atomic mass is 32.1. The molecule has 1 aromatic heterocycles. The van der Waals surface area contributed by atoms with Gasteiger partial charge in [0.05, 0.1) is 5.56 Å². The minimum atomic E-state index is -4.31. The summed E-state index contributed by atoms with van der Waals surface area (Å²) in [6, 6.07) is 3.91. The Morgan fingerprint density at radius 2 is 1.86 bits per heavy atom. The van der Waals surface area contributed by atoms with Gasteiger partial charge in [-0.1, -0.05) is 0 Å². The van der Waals surface area contributed by atoms with Crippen molar-refractivity contribution in [2.45, 2.75) is 6.18 Å². The Kier molecular flexibility index (Phi) is 1.92. The highest BCUT2D eigenvalue weighted by molar-refractivity contribution is 7.17. The van der Waals surface area contributed by atoms with E-state index in [1.807, 2.05) is 0 Å². The maximum atomic E-state index is 12.5. The molecule has 0 aliphatic carbocycles. The molecule has 0 atom stereocenters. The minimum Gasteiger partial charge on any atom is -0.398 e. The van der Waals surface area contributed by atoms with Crippen molar-refractivity contribution < 1.29 is 13.2 Å². The molecule has 5 heteroatoms. The predicted molar refractivity (Wildman–Crippen MR) is 51.2 cm³/mol. The number of alkyl halides is 3. The second kappa shape index (κ2) is 2.88. The van der Waals surface area contributed by atoms with E-state index in [1.54, 1.807) is 11.4 Å². The van der Waals surface area contributed by atoms with Crippen molar-refractivity contribution in [2.24, 2.45) is 0 Å². The fourth-order valence-electron chi connectivity index (χ4n) is 1.31. The first-order chi connectivity index (χ1) is 6.50. The Morgan fingerprint density at radius 3 is 2.50 bits per heavy atom. The number of halogens is 3. The van der Waals surface area contributed by atoms with E-state index in [2.05, 4.69) is 0 Å². The van der Waals surface area contributed by atoms with Gasteiger partial charge in [-0.05, 0) is 23.6 Å². The van der Waals surface area contributed by atoms with Crippen LogP contribution in [0, 0.1) is 0 Å². The lowest BCUT2D eigenvalue weighted by Gasteiger charge is -2.08. The third kappa shape index (κ3) is 1.33. The molecule has 0 aliphatic heterocycles. The molecule has 2 aromatic rings. The van der Waals surface area contributed by atoms with Crippen LogP contribution >= 0.6 is 11.3 Å². The first kappa shape index (κ1) is 9.33. The van der Waals surface area contributed by atoms with Crippen molar-refractivity contribution in [3.05, 3.63) is 29.1 Å². The summed E-state index contributed by atoms with van der Waals surface area (Å²) in [5.41, 5.74) is 5.32. The molecule has 0 bridgehead atoms. The van der Waals surface area contributed by atoms with Crippen molar-refractivity contribution in [1.29, 1.82) is 0 Å². The molecule has 0 fully saturated rings. The van der Waals surface area contributed by atoms with Gasteiger partial charge in [0.2, 0.25) is 0 Å². The second-order valence-electron chi connectivity index (χ2n) is 2.86. The van der Waals surface area contributed by atoms with Crippen LogP contribution in [0.25, 0.3) is 10.1 Å². The molecule has 0 saturated carbocycles. The Balaban J connectivity index is 2.80. The summed E-state index contributed by atoms with van der Waals surface area (Å²) in [6.07, 6.45) is -4.31. The SMILES string of the molecule is Nc1ccc(C(F)(F)F)c2sccc12. The summed E-state index contributed by atoms with van der Waals surface area (Å²) in [5, 5.41) is 2.08. The van der Waals surface area contributed by atoms with Crippen LogP contribution in [-0.4, -0.2) is 0 Å². The first-order valence-corrected chi connectivity index (χ1v) is 4.71. The summed E-state index contributed by atoms with van der Waals surface area (Å²) >= 11 is 1.05. The molecule has 0 aliphatic rings. The Labute approximate surface area is 82.0 Å². The van der Waals surface area contributed by atoms with E-state index >= 15 is 0 Å². The van der Waals surface area contributed by atoms with E-state index in [-0.39, 0.29) is 4.70 Å². The van der Waals surface area contributed by atoms with Crippen LogP contribution < -0.4 is 5.73 Å². The van der Waals surface area contributed by atoms with Gasteiger partial charge in [0.1, 0.15) is 0 Å². The predicted octanol–water partition coefficient (Wildman–Crippen LogP) is 3.50. The van der Waals surface area contributed by atoms with Gasteiger partial charge in [0.15, 0.2) is 0 Å². The number of thiophene rings is 1. The molecule has 0 saturated heterocycles. The summed E-state index contributed by atoms with van der Waals surface area (Å²) < 4.78 is 37.7. The quantitative estimate of drug-likeness (QED) is 0.671. The van der Waals surface area contributed by atoms with Crippen LogP contribution in [0.3, 0.4) is 0 Å². The van der Waals surface area contributed by atoms with E-state index in [4.69, 9.17) is 5.73 Å². The lowest BCUT2D eigenvalue weighted by molar-refractivity contribution is -0.136. The monoisotopic (exact) mass is 217 g/mol. The Hall–Kier alpha value is -1.23. The number of benzene rings is 1. The normalized spacial score (nSPS) is 12.2. The third-order valence-corrected chi connectivity index (χ3v) is 2.90. The average molecular weight is 217 g/mol. The van der Waals surface area contributed by atoms with Gasteiger partial charge in [0.25, 0.3) is 0 Å². The number of nitrogen functional groups attached to an aromatic ring is 1. The van der Waals surface area contributed by atoms with Crippen LogP contribution in [0.1, 0.15) is 5.56 Å². The summed E-state index contributed by atoms with van der Waals surface area (Å²) in [7, 11) is 0. The third-order valence-electron chi connectivity index (χ3n) is 1.96. The molecule has 0 unspecified atom stereocenters. The van der Waals surface area contributed by atoms with Crippen LogP contribution in [0.4, 0.5) is 18.9 Å². The molecule has 1 nitrogen and oxygen atoms in total. The van der Waals surface area contributed by atoms with Crippen molar-refractivity contribution >= 4 is 27.1 Å². The lowest BCUT2D eigenvalue weighted by atomic mass is 10.1. The number of nitrogens with two attached hydrogens (primary N) is 1. The standard InChI is InChI=1S/C9H6F3NS/c10-9(11,12)6-1-2-7(13)5-3-4-14-8(5)6/h1-4H,13H2. The molecular formula is C9H6F3NS. The highest BCUT2D eigenvalue weighted by Gasteiger charge is 2.33. The number of fused-ring (bicyclic) bond motifs is 1. The van der Waals surface area contributed by atoms with Gasteiger partial charge in [0, 0.05) is 15.8 Å². The zero-order valence-electron chi connectivity index (χ0n) is 6.93. The topological polar surface area (TPSA) is 26.0 Å². The molecule has 0 radical (unpaired) electrons. The molecule has 1 aromatic carbocycles. The molecule has 1 heterocycles.